The third kappa shape index (κ3) is 3.94. The van der Waals surface area contributed by atoms with Crippen LogP contribution in [0.5, 0.6) is 0 Å². The highest BCUT2D eigenvalue weighted by atomic mass is 15.3. The highest BCUT2D eigenvalue weighted by Gasteiger charge is 2.32. The van der Waals surface area contributed by atoms with Crippen LogP contribution in [0, 0.1) is 5.41 Å². The number of hydrogen-bond acceptors (Lipinski definition) is 3. The lowest BCUT2D eigenvalue weighted by Crippen LogP contribution is -2.54. The molecule has 2 rings (SSSR count). The average Bonchev–Trinajstić information content (AvgIpc) is 3.12. The van der Waals surface area contributed by atoms with Gasteiger partial charge in [-0.05, 0) is 24.8 Å². The van der Waals surface area contributed by atoms with Gasteiger partial charge in [0, 0.05) is 44.8 Å². The van der Waals surface area contributed by atoms with Gasteiger partial charge in [0.05, 0.1) is 0 Å². The molecule has 106 valence electrons. The van der Waals surface area contributed by atoms with Gasteiger partial charge in [0.1, 0.15) is 0 Å². The third-order valence-electron chi connectivity index (χ3n) is 4.41. The van der Waals surface area contributed by atoms with Crippen LogP contribution in [0.3, 0.4) is 0 Å². The molecule has 1 unspecified atom stereocenters. The molecule has 0 radical (unpaired) electrons. The highest BCUT2D eigenvalue weighted by molar-refractivity contribution is 4.89. The van der Waals surface area contributed by atoms with Crippen LogP contribution >= 0.6 is 0 Å². The summed E-state index contributed by atoms with van der Waals surface area (Å²) < 4.78 is 0. The fourth-order valence-electron chi connectivity index (χ4n) is 2.90. The molecule has 18 heavy (non-hydrogen) atoms. The minimum atomic E-state index is 0.351. The summed E-state index contributed by atoms with van der Waals surface area (Å²) in [5.41, 5.74) is 0.351. The van der Waals surface area contributed by atoms with E-state index in [9.17, 15) is 0 Å². The summed E-state index contributed by atoms with van der Waals surface area (Å²) in [5, 5.41) is 3.66. The summed E-state index contributed by atoms with van der Waals surface area (Å²) in [5.74, 6) is 0. The van der Waals surface area contributed by atoms with Crippen LogP contribution in [0.4, 0.5) is 0 Å². The van der Waals surface area contributed by atoms with Gasteiger partial charge in [0.2, 0.25) is 0 Å². The summed E-state index contributed by atoms with van der Waals surface area (Å²) in [7, 11) is 0. The van der Waals surface area contributed by atoms with E-state index in [2.05, 4.69) is 42.8 Å². The molecule has 0 bridgehead atoms. The van der Waals surface area contributed by atoms with Gasteiger partial charge in [-0.2, -0.15) is 0 Å². The standard InChI is InChI=1S/C15H31N3/c1-5-16-14(15(2,3)4)12-17-8-10-18(11-9-17)13-6-7-13/h13-14,16H,5-12H2,1-4H3. The Labute approximate surface area is 113 Å². The molecule has 3 nitrogen and oxygen atoms in total. The number of likely N-dealkylation sites (N-methyl/N-ethyl adjacent to an activating group) is 1. The quantitative estimate of drug-likeness (QED) is 0.806. The minimum Gasteiger partial charge on any atom is -0.312 e. The van der Waals surface area contributed by atoms with Crippen LogP contribution in [-0.2, 0) is 0 Å². The maximum atomic E-state index is 3.66. The van der Waals surface area contributed by atoms with E-state index in [1.54, 1.807) is 0 Å². The van der Waals surface area contributed by atoms with Crippen molar-refractivity contribution in [2.75, 3.05) is 39.3 Å². The van der Waals surface area contributed by atoms with Crippen molar-refractivity contribution in [2.24, 2.45) is 5.41 Å². The molecule has 1 saturated carbocycles. The first kappa shape index (κ1) is 14.3. The Morgan fingerprint density at radius 1 is 1.11 bits per heavy atom. The monoisotopic (exact) mass is 253 g/mol. The average molecular weight is 253 g/mol. The molecule has 3 heteroatoms. The predicted octanol–water partition coefficient (Wildman–Crippen LogP) is 1.79. The van der Waals surface area contributed by atoms with Crippen LogP contribution in [0.2, 0.25) is 0 Å². The summed E-state index contributed by atoms with van der Waals surface area (Å²) in [6.07, 6.45) is 2.89. The molecule has 2 fully saturated rings. The zero-order chi connectivity index (χ0) is 13.2. The molecule has 0 aromatic heterocycles. The number of piperazine rings is 1. The van der Waals surface area contributed by atoms with E-state index in [0.29, 0.717) is 11.5 Å². The predicted molar refractivity (Wildman–Crippen MR) is 78.0 cm³/mol. The molecule has 1 aliphatic carbocycles. The minimum absolute atomic E-state index is 0.351. The van der Waals surface area contributed by atoms with Crippen LogP contribution in [0.15, 0.2) is 0 Å². The zero-order valence-electron chi connectivity index (χ0n) is 12.7. The molecule has 0 aromatic carbocycles. The Balaban J connectivity index is 1.77. The van der Waals surface area contributed by atoms with E-state index in [4.69, 9.17) is 0 Å². The van der Waals surface area contributed by atoms with Gasteiger partial charge < -0.3 is 5.32 Å². The largest absolute Gasteiger partial charge is 0.312 e. The molecule has 1 saturated heterocycles. The Bertz CT molecular complexity index is 247. The van der Waals surface area contributed by atoms with Gasteiger partial charge in [0.15, 0.2) is 0 Å². The molecular formula is C15H31N3. The summed E-state index contributed by atoms with van der Waals surface area (Å²) in [6.45, 7) is 16.6. The van der Waals surface area contributed by atoms with E-state index in [1.165, 1.54) is 45.6 Å². The summed E-state index contributed by atoms with van der Waals surface area (Å²) in [4.78, 5) is 5.34. The first-order valence-electron chi connectivity index (χ1n) is 7.70. The maximum absolute atomic E-state index is 3.66. The van der Waals surface area contributed by atoms with Crippen molar-refractivity contribution in [1.29, 1.82) is 0 Å². The van der Waals surface area contributed by atoms with Crippen LogP contribution in [-0.4, -0.2) is 61.2 Å². The summed E-state index contributed by atoms with van der Waals surface area (Å²) >= 11 is 0. The van der Waals surface area contributed by atoms with E-state index in [-0.39, 0.29) is 0 Å². The lowest BCUT2D eigenvalue weighted by Gasteiger charge is -2.40. The fourth-order valence-corrected chi connectivity index (χ4v) is 2.90. The Hall–Kier alpha value is -0.120. The molecule has 1 atom stereocenters. The van der Waals surface area contributed by atoms with Gasteiger partial charge in [0.25, 0.3) is 0 Å². The number of nitrogens with one attached hydrogen (secondary N) is 1. The van der Waals surface area contributed by atoms with Crippen molar-refractivity contribution < 1.29 is 0 Å². The Kier molecular flexibility index (Phi) is 4.68. The lowest BCUT2D eigenvalue weighted by atomic mass is 9.86. The fraction of sp³-hybridized carbons (Fsp3) is 1.00. The molecule has 1 aliphatic heterocycles. The molecule has 0 spiro atoms. The summed E-state index contributed by atoms with van der Waals surface area (Å²) in [6, 6.07) is 1.55. The zero-order valence-corrected chi connectivity index (χ0v) is 12.7. The van der Waals surface area contributed by atoms with Crippen molar-refractivity contribution in [3.05, 3.63) is 0 Å². The van der Waals surface area contributed by atoms with Gasteiger partial charge in [-0.15, -0.1) is 0 Å². The van der Waals surface area contributed by atoms with Gasteiger partial charge in [-0.1, -0.05) is 27.7 Å². The maximum Gasteiger partial charge on any atom is 0.0243 e. The highest BCUT2D eigenvalue weighted by Crippen LogP contribution is 2.28. The molecule has 0 amide bonds. The van der Waals surface area contributed by atoms with Crippen LogP contribution < -0.4 is 5.32 Å². The molecule has 0 aromatic rings. The Morgan fingerprint density at radius 2 is 1.72 bits per heavy atom. The van der Waals surface area contributed by atoms with Crippen LogP contribution in [0.25, 0.3) is 0 Å². The smallest absolute Gasteiger partial charge is 0.0243 e. The van der Waals surface area contributed by atoms with Gasteiger partial charge in [-0.25, -0.2) is 0 Å². The lowest BCUT2D eigenvalue weighted by molar-refractivity contribution is 0.0988. The number of nitrogens with zero attached hydrogens (tertiary/aromatic N) is 2. The second-order valence-electron chi connectivity index (χ2n) is 7.04. The van der Waals surface area contributed by atoms with E-state index in [1.807, 2.05) is 0 Å². The second-order valence-corrected chi connectivity index (χ2v) is 7.04. The van der Waals surface area contributed by atoms with Crippen molar-refractivity contribution in [1.82, 2.24) is 15.1 Å². The number of hydrogen-bond donors (Lipinski definition) is 1. The van der Waals surface area contributed by atoms with Crippen LogP contribution in [0.1, 0.15) is 40.5 Å². The van der Waals surface area contributed by atoms with Crippen molar-refractivity contribution in [3.8, 4) is 0 Å². The van der Waals surface area contributed by atoms with Gasteiger partial charge in [-0.3, -0.25) is 9.80 Å². The van der Waals surface area contributed by atoms with Crippen molar-refractivity contribution in [2.45, 2.75) is 52.6 Å². The van der Waals surface area contributed by atoms with Crippen molar-refractivity contribution >= 4 is 0 Å². The van der Waals surface area contributed by atoms with E-state index >= 15 is 0 Å². The van der Waals surface area contributed by atoms with E-state index < -0.39 is 0 Å². The Morgan fingerprint density at radius 3 is 2.17 bits per heavy atom. The number of rotatable bonds is 5. The van der Waals surface area contributed by atoms with E-state index in [0.717, 1.165) is 12.6 Å². The second kappa shape index (κ2) is 5.89. The van der Waals surface area contributed by atoms with Gasteiger partial charge >= 0.3 is 0 Å². The topological polar surface area (TPSA) is 18.5 Å². The third-order valence-corrected chi connectivity index (χ3v) is 4.41. The molecular weight excluding hydrogens is 222 g/mol. The molecule has 1 heterocycles. The normalized spacial score (nSPS) is 25.3. The molecule has 1 N–H and O–H groups in total. The first-order chi connectivity index (χ1) is 8.50. The van der Waals surface area contributed by atoms with Crippen molar-refractivity contribution in [3.63, 3.8) is 0 Å². The molecule has 2 aliphatic rings. The first-order valence-corrected chi connectivity index (χ1v) is 7.70. The SMILES string of the molecule is CCNC(CN1CCN(C2CC2)CC1)C(C)(C)C.